The number of H-pyrrole nitrogens is 1. The van der Waals surface area contributed by atoms with Crippen LogP contribution < -0.4 is 10.1 Å². The summed E-state index contributed by atoms with van der Waals surface area (Å²) in [6, 6.07) is 7.79. The van der Waals surface area contributed by atoms with E-state index in [0.717, 1.165) is 39.4 Å². The summed E-state index contributed by atoms with van der Waals surface area (Å²) in [4.78, 5) is 4.37. The molecule has 0 unspecified atom stereocenters. The quantitative estimate of drug-likeness (QED) is 0.764. The molecule has 102 valence electrons. The van der Waals surface area contributed by atoms with Gasteiger partial charge in [-0.3, -0.25) is 10.1 Å². The molecule has 20 heavy (non-hydrogen) atoms. The molecule has 5 nitrogen and oxygen atoms in total. The zero-order valence-corrected chi connectivity index (χ0v) is 11.7. The van der Waals surface area contributed by atoms with Crippen LogP contribution >= 0.6 is 0 Å². The number of nitrogens with zero attached hydrogens (tertiary/aromatic N) is 2. The lowest BCUT2D eigenvalue weighted by Gasteiger charge is -2.09. The van der Waals surface area contributed by atoms with Crippen LogP contribution in [-0.2, 0) is 0 Å². The van der Waals surface area contributed by atoms with E-state index in [2.05, 4.69) is 20.5 Å². The smallest absolute Gasteiger partial charge is 0.155 e. The van der Waals surface area contributed by atoms with Crippen molar-refractivity contribution in [3.05, 3.63) is 41.7 Å². The Morgan fingerprint density at radius 1 is 1.20 bits per heavy atom. The maximum Gasteiger partial charge on any atom is 0.155 e. The van der Waals surface area contributed by atoms with Crippen molar-refractivity contribution < 1.29 is 4.74 Å². The van der Waals surface area contributed by atoms with E-state index >= 15 is 0 Å². The Hall–Kier alpha value is -2.56. The number of pyridine rings is 1. The highest BCUT2D eigenvalue weighted by Crippen LogP contribution is 2.28. The number of hydrogen-bond donors (Lipinski definition) is 2. The zero-order valence-electron chi connectivity index (χ0n) is 11.7. The molecule has 0 radical (unpaired) electrons. The molecule has 3 aromatic rings. The van der Waals surface area contributed by atoms with Gasteiger partial charge in [0.15, 0.2) is 5.82 Å². The number of ether oxygens (including phenoxy) is 1. The van der Waals surface area contributed by atoms with Crippen molar-refractivity contribution in [2.75, 3.05) is 12.4 Å². The first-order chi connectivity index (χ1) is 9.69. The highest BCUT2D eigenvalue weighted by molar-refractivity contribution is 5.93. The lowest BCUT2D eigenvalue weighted by atomic mass is 10.1. The van der Waals surface area contributed by atoms with E-state index in [1.54, 1.807) is 13.3 Å². The molecule has 0 saturated heterocycles. The fraction of sp³-hybridized carbons (Fsp3) is 0.200. The van der Waals surface area contributed by atoms with Gasteiger partial charge in [0.2, 0.25) is 0 Å². The van der Waals surface area contributed by atoms with Crippen LogP contribution in [0.5, 0.6) is 5.75 Å². The maximum atomic E-state index is 5.23. The van der Waals surface area contributed by atoms with Crippen molar-refractivity contribution in [3.63, 3.8) is 0 Å². The minimum absolute atomic E-state index is 0.800. The Balaban J connectivity index is 2.05. The van der Waals surface area contributed by atoms with E-state index in [9.17, 15) is 0 Å². The SMILES string of the molecule is COc1ccc2c(Nc3n[nH]c(C)c3C)ccnc2c1. The molecule has 1 aromatic carbocycles. The van der Waals surface area contributed by atoms with Crippen LogP contribution in [0.25, 0.3) is 10.9 Å². The van der Waals surface area contributed by atoms with Crippen molar-refractivity contribution >= 4 is 22.4 Å². The monoisotopic (exact) mass is 268 g/mol. The number of anilines is 2. The number of rotatable bonds is 3. The van der Waals surface area contributed by atoms with Crippen LogP contribution in [0.4, 0.5) is 11.5 Å². The summed E-state index contributed by atoms with van der Waals surface area (Å²) in [6.45, 7) is 4.04. The minimum atomic E-state index is 0.800. The van der Waals surface area contributed by atoms with Gasteiger partial charge in [-0.2, -0.15) is 5.10 Å². The van der Waals surface area contributed by atoms with Crippen molar-refractivity contribution in [2.24, 2.45) is 0 Å². The number of aromatic nitrogens is 3. The molecule has 0 aliphatic carbocycles. The summed E-state index contributed by atoms with van der Waals surface area (Å²) < 4.78 is 5.23. The highest BCUT2D eigenvalue weighted by Gasteiger charge is 2.08. The number of methoxy groups -OCH3 is 1. The van der Waals surface area contributed by atoms with Crippen LogP contribution in [0.2, 0.25) is 0 Å². The van der Waals surface area contributed by atoms with Gasteiger partial charge in [-0.15, -0.1) is 0 Å². The molecule has 0 bridgehead atoms. The Kier molecular flexibility index (Phi) is 3.02. The maximum absolute atomic E-state index is 5.23. The first-order valence-corrected chi connectivity index (χ1v) is 6.40. The number of nitrogens with one attached hydrogen (secondary N) is 2. The first kappa shape index (κ1) is 12.5. The van der Waals surface area contributed by atoms with E-state index in [-0.39, 0.29) is 0 Å². The Morgan fingerprint density at radius 3 is 2.75 bits per heavy atom. The molecule has 0 aliphatic heterocycles. The van der Waals surface area contributed by atoms with Crippen molar-refractivity contribution in [1.29, 1.82) is 0 Å². The van der Waals surface area contributed by atoms with Crippen LogP contribution in [0.3, 0.4) is 0 Å². The molecule has 2 heterocycles. The lowest BCUT2D eigenvalue weighted by Crippen LogP contribution is -1.95. The number of aromatic amines is 1. The summed E-state index contributed by atoms with van der Waals surface area (Å²) in [6.07, 6.45) is 1.78. The molecular formula is C15H16N4O. The van der Waals surface area contributed by atoms with E-state index in [0.29, 0.717) is 0 Å². The molecule has 5 heteroatoms. The summed E-state index contributed by atoms with van der Waals surface area (Å²) in [7, 11) is 1.65. The third-order valence-electron chi connectivity index (χ3n) is 3.46. The van der Waals surface area contributed by atoms with Crippen LogP contribution in [0.1, 0.15) is 11.3 Å². The average Bonchev–Trinajstić information content (AvgIpc) is 2.79. The predicted octanol–water partition coefficient (Wildman–Crippen LogP) is 3.33. The zero-order chi connectivity index (χ0) is 14.1. The van der Waals surface area contributed by atoms with Gasteiger partial charge in [-0.05, 0) is 32.0 Å². The summed E-state index contributed by atoms with van der Waals surface area (Å²) in [5.41, 5.74) is 4.04. The number of fused-ring (bicyclic) bond motifs is 1. The van der Waals surface area contributed by atoms with Gasteiger partial charge in [0.25, 0.3) is 0 Å². The van der Waals surface area contributed by atoms with E-state index in [4.69, 9.17) is 4.74 Å². The second kappa shape index (κ2) is 4.85. The fourth-order valence-electron chi connectivity index (χ4n) is 2.10. The van der Waals surface area contributed by atoms with Crippen LogP contribution in [-0.4, -0.2) is 22.3 Å². The Bertz CT molecular complexity index is 764. The van der Waals surface area contributed by atoms with Gasteiger partial charge in [0.05, 0.1) is 18.3 Å². The van der Waals surface area contributed by atoms with Gasteiger partial charge >= 0.3 is 0 Å². The van der Waals surface area contributed by atoms with Gasteiger partial charge < -0.3 is 10.1 Å². The second-order valence-corrected chi connectivity index (χ2v) is 4.69. The topological polar surface area (TPSA) is 62.8 Å². The standard InChI is InChI=1S/C15H16N4O/c1-9-10(2)18-19-15(9)17-13-6-7-16-14-8-11(20-3)4-5-12(13)14/h4-8H,1-3H3,(H2,16,17,18,19). The molecule has 0 spiro atoms. The average molecular weight is 268 g/mol. The minimum Gasteiger partial charge on any atom is -0.497 e. The van der Waals surface area contributed by atoms with E-state index < -0.39 is 0 Å². The third kappa shape index (κ3) is 2.07. The largest absolute Gasteiger partial charge is 0.497 e. The predicted molar refractivity (Wildman–Crippen MR) is 79.6 cm³/mol. The number of aryl methyl sites for hydroxylation is 1. The van der Waals surface area contributed by atoms with Gasteiger partial charge in [0, 0.05) is 28.9 Å². The lowest BCUT2D eigenvalue weighted by molar-refractivity contribution is 0.415. The highest BCUT2D eigenvalue weighted by atomic mass is 16.5. The Labute approximate surface area is 117 Å². The van der Waals surface area contributed by atoms with Crippen LogP contribution in [0.15, 0.2) is 30.5 Å². The van der Waals surface area contributed by atoms with E-state index in [1.165, 1.54) is 0 Å². The number of hydrogen-bond acceptors (Lipinski definition) is 4. The molecule has 0 atom stereocenters. The van der Waals surface area contributed by atoms with Gasteiger partial charge in [0.1, 0.15) is 5.75 Å². The van der Waals surface area contributed by atoms with Gasteiger partial charge in [-0.1, -0.05) is 0 Å². The molecular weight excluding hydrogens is 252 g/mol. The number of benzene rings is 1. The van der Waals surface area contributed by atoms with E-state index in [1.807, 2.05) is 38.1 Å². The van der Waals surface area contributed by atoms with Gasteiger partial charge in [-0.25, -0.2) is 0 Å². The molecule has 3 rings (SSSR count). The van der Waals surface area contributed by atoms with Crippen molar-refractivity contribution in [2.45, 2.75) is 13.8 Å². The summed E-state index contributed by atoms with van der Waals surface area (Å²) >= 11 is 0. The molecule has 2 aromatic heterocycles. The first-order valence-electron chi connectivity index (χ1n) is 6.40. The van der Waals surface area contributed by atoms with Crippen molar-refractivity contribution in [1.82, 2.24) is 15.2 Å². The molecule has 0 aliphatic rings. The summed E-state index contributed by atoms with van der Waals surface area (Å²) in [5.74, 6) is 1.64. The molecule has 0 amide bonds. The Morgan fingerprint density at radius 2 is 2.05 bits per heavy atom. The van der Waals surface area contributed by atoms with Crippen LogP contribution in [0, 0.1) is 13.8 Å². The normalized spacial score (nSPS) is 10.8. The fourth-order valence-corrected chi connectivity index (χ4v) is 2.10. The second-order valence-electron chi connectivity index (χ2n) is 4.69. The molecule has 2 N–H and O–H groups in total. The van der Waals surface area contributed by atoms with Crippen molar-refractivity contribution in [3.8, 4) is 5.75 Å². The molecule has 0 fully saturated rings. The third-order valence-corrected chi connectivity index (χ3v) is 3.46. The summed E-state index contributed by atoms with van der Waals surface area (Å²) in [5, 5.41) is 11.6. The molecule has 0 saturated carbocycles.